The summed E-state index contributed by atoms with van der Waals surface area (Å²) in [7, 11) is 1.81. The number of rotatable bonds is 8. The number of allylic oxidation sites excluding steroid dienone is 1. The number of aromatic nitrogens is 2. The van der Waals surface area contributed by atoms with Crippen LogP contribution in [0, 0.1) is 5.41 Å². The number of amides is 1. The van der Waals surface area contributed by atoms with Crippen molar-refractivity contribution in [3.8, 4) is 0 Å². The Morgan fingerprint density at radius 1 is 1.06 bits per heavy atom. The fourth-order valence-electron chi connectivity index (χ4n) is 4.30. The average Bonchev–Trinajstić information content (AvgIpc) is 2.83. The summed E-state index contributed by atoms with van der Waals surface area (Å²) in [5, 5.41) is 17.7. The largest absolute Gasteiger partial charge is 0.356 e. The van der Waals surface area contributed by atoms with Gasteiger partial charge in [0.05, 0.1) is 11.4 Å². The normalized spacial score (nSPS) is 15.6. The van der Waals surface area contributed by atoms with E-state index >= 15 is 0 Å². The zero-order valence-corrected chi connectivity index (χ0v) is 21.2. The van der Waals surface area contributed by atoms with Gasteiger partial charge in [-0.05, 0) is 70.2 Å². The summed E-state index contributed by atoms with van der Waals surface area (Å²) in [5.41, 5.74) is 3.97. The summed E-state index contributed by atoms with van der Waals surface area (Å²) in [6.07, 6.45) is 3.37. The van der Waals surface area contributed by atoms with E-state index in [4.69, 9.17) is 5.41 Å². The number of fused-ring (bicyclic) bond motifs is 1. The van der Waals surface area contributed by atoms with Crippen LogP contribution >= 0.6 is 0 Å². The maximum absolute atomic E-state index is 12.7. The SMILES string of the molecule is CC(=N)/C=C(\Nc1ccccc1)Nc1ccnc(Nc2ccc3c(c2)N(C(C)C)C(C)C(=O)N3C)n1. The van der Waals surface area contributed by atoms with Crippen LogP contribution in [0.15, 0.2) is 72.7 Å². The Hall–Kier alpha value is -4.40. The molecular formula is C27H32N8O. The number of hydrogen-bond donors (Lipinski definition) is 4. The van der Waals surface area contributed by atoms with Gasteiger partial charge < -0.3 is 31.2 Å². The van der Waals surface area contributed by atoms with E-state index in [1.54, 1.807) is 30.2 Å². The Labute approximate surface area is 211 Å². The third kappa shape index (κ3) is 5.46. The molecule has 0 spiro atoms. The van der Waals surface area contributed by atoms with Crippen LogP contribution in [0.4, 0.5) is 34.5 Å². The topological polar surface area (TPSA) is 109 Å². The van der Waals surface area contributed by atoms with E-state index in [2.05, 4.69) is 44.7 Å². The molecule has 4 N–H and O–H groups in total. The van der Waals surface area contributed by atoms with E-state index in [9.17, 15) is 4.79 Å². The average molecular weight is 485 g/mol. The Morgan fingerprint density at radius 3 is 2.50 bits per heavy atom. The zero-order valence-electron chi connectivity index (χ0n) is 21.2. The monoisotopic (exact) mass is 484 g/mol. The first kappa shape index (κ1) is 24.7. The first-order valence-electron chi connectivity index (χ1n) is 11.9. The predicted molar refractivity (Wildman–Crippen MR) is 147 cm³/mol. The molecule has 1 aliphatic heterocycles. The van der Waals surface area contributed by atoms with Gasteiger partial charge in [-0.1, -0.05) is 18.2 Å². The van der Waals surface area contributed by atoms with Gasteiger partial charge in [-0.15, -0.1) is 0 Å². The second-order valence-electron chi connectivity index (χ2n) is 9.03. The van der Waals surface area contributed by atoms with E-state index in [0.29, 0.717) is 23.3 Å². The van der Waals surface area contributed by atoms with Gasteiger partial charge in [-0.2, -0.15) is 4.98 Å². The van der Waals surface area contributed by atoms with Crippen LogP contribution in [0.1, 0.15) is 27.7 Å². The number of para-hydroxylation sites is 1. The smallest absolute Gasteiger partial charge is 0.249 e. The second kappa shape index (κ2) is 10.5. The zero-order chi connectivity index (χ0) is 25.8. The highest BCUT2D eigenvalue weighted by Gasteiger charge is 2.34. The molecule has 0 saturated heterocycles. The standard InChI is InChI=1S/C27H32N8O/c1-17(2)35-19(4)26(36)34(5)22-12-11-21(16-23(22)35)31-27-29-14-13-24(33-27)32-25(15-18(3)28)30-20-9-7-6-8-10-20/h6-17,19,28,30H,1-5H3,(H2,29,31,32,33)/b25-15+,28-18?. The molecule has 1 atom stereocenters. The van der Waals surface area contributed by atoms with Gasteiger partial charge in [-0.3, -0.25) is 4.79 Å². The highest BCUT2D eigenvalue weighted by molar-refractivity contribution is 6.05. The summed E-state index contributed by atoms with van der Waals surface area (Å²) >= 11 is 0. The quantitative estimate of drug-likeness (QED) is 0.325. The summed E-state index contributed by atoms with van der Waals surface area (Å²) in [4.78, 5) is 25.5. The Kier molecular flexibility index (Phi) is 7.19. The third-order valence-electron chi connectivity index (χ3n) is 5.86. The summed E-state index contributed by atoms with van der Waals surface area (Å²) < 4.78 is 0. The number of likely N-dealkylation sites (N-methyl/N-ethyl adjacent to an activating group) is 1. The van der Waals surface area contributed by atoms with Crippen molar-refractivity contribution < 1.29 is 4.79 Å². The first-order valence-corrected chi connectivity index (χ1v) is 11.9. The minimum absolute atomic E-state index is 0.0761. The van der Waals surface area contributed by atoms with Gasteiger partial charge in [-0.25, -0.2) is 4.98 Å². The Bertz CT molecular complexity index is 1290. The molecule has 4 rings (SSSR count). The van der Waals surface area contributed by atoms with Crippen LogP contribution in [0.2, 0.25) is 0 Å². The van der Waals surface area contributed by atoms with Crippen molar-refractivity contribution in [1.82, 2.24) is 9.97 Å². The molecular weight excluding hydrogens is 452 g/mol. The fourth-order valence-corrected chi connectivity index (χ4v) is 4.30. The highest BCUT2D eigenvalue weighted by Crippen LogP contribution is 2.39. The third-order valence-corrected chi connectivity index (χ3v) is 5.86. The Morgan fingerprint density at radius 2 is 1.81 bits per heavy atom. The molecule has 9 heteroatoms. The summed E-state index contributed by atoms with van der Waals surface area (Å²) in [6, 6.07) is 17.3. The van der Waals surface area contributed by atoms with E-state index in [0.717, 1.165) is 22.7 Å². The molecule has 0 radical (unpaired) electrons. The van der Waals surface area contributed by atoms with Crippen LogP contribution in [0.3, 0.4) is 0 Å². The molecule has 1 aromatic heterocycles. The molecule has 0 saturated carbocycles. The van der Waals surface area contributed by atoms with Crippen LogP contribution in [-0.2, 0) is 4.79 Å². The number of anilines is 6. The van der Waals surface area contributed by atoms with Gasteiger partial charge in [0, 0.05) is 36.4 Å². The lowest BCUT2D eigenvalue weighted by molar-refractivity contribution is -0.119. The summed E-state index contributed by atoms with van der Waals surface area (Å²) in [5.74, 6) is 1.70. The minimum Gasteiger partial charge on any atom is -0.356 e. The molecule has 2 aromatic carbocycles. The first-order chi connectivity index (χ1) is 17.2. The van der Waals surface area contributed by atoms with Crippen molar-refractivity contribution in [2.45, 2.75) is 39.8 Å². The molecule has 0 aliphatic carbocycles. The van der Waals surface area contributed by atoms with Crippen LogP contribution in [0.5, 0.6) is 0 Å². The van der Waals surface area contributed by atoms with E-state index in [1.807, 2.05) is 62.5 Å². The van der Waals surface area contributed by atoms with E-state index < -0.39 is 0 Å². The van der Waals surface area contributed by atoms with Crippen molar-refractivity contribution in [1.29, 1.82) is 5.41 Å². The molecule has 3 aromatic rings. The summed E-state index contributed by atoms with van der Waals surface area (Å²) in [6.45, 7) is 7.82. The molecule has 1 unspecified atom stereocenters. The number of carbonyl (C=O) groups excluding carboxylic acids is 1. The van der Waals surface area contributed by atoms with Gasteiger partial charge in [0.25, 0.3) is 0 Å². The highest BCUT2D eigenvalue weighted by atomic mass is 16.2. The lowest BCUT2D eigenvalue weighted by Crippen LogP contribution is -2.53. The second-order valence-corrected chi connectivity index (χ2v) is 9.03. The number of hydrogen-bond acceptors (Lipinski definition) is 8. The Balaban J connectivity index is 1.57. The van der Waals surface area contributed by atoms with E-state index in [-0.39, 0.29) is 18.0 Å². The van der Waals surface area contributed by atoms with Crippen LogP contribution in [-0.4, -0.2) is 40.7 Å². The predicted octanol–water partition coefficient (Wildman–Crippen LogP) is 5.20. The number of nitrogens with one attached hydrogen (secondary N) is 4. The maximum atomic E-state index is 12.7. The van der Waals surface area contributed by atoms with Crippen molar-refractivity contribution in [3.05, 3.63) is 72.7 Å². The number of benzene rings is 2. The lowest BCUT2D eigenvalue weighted by Gasteiger charge is -2.42. The lowest BCUT2D eigenvalue weighted by atomic mass is 10.0. The van der Waals surface area contributed by atoms with Crippen molar-refractivity contribution in [2.75, 3.05) is 32.8 Å². The number of carbonyl (C=O) groups is 1. The molecule has 1 aliphatic rings. The van der Waals surface area contributed by atoms with Gasteiger partial charge in [0.15, 0.2) is 0 Å². The fraction of sp³-hybridized carbons (Fsp3) is 0.259. The van der Waals surface area contributed by atoms with Crippen LogP contribution in [0.25, 0.3) is 0 Å². The molecule has 186 valence electrons. The van der Waals surface area contributed by atoms with Crippen molar-refractivity contribution >= 4 is 46.1 Å². The molecule has 0 fully saturated rings. The van der Waals surface area contributed by atoms with Crippen molar-refractivity contribution in [3.63, 3.8) is 0 Å². The van der Waals surface area contributed by atoms with Crippen LogP contribution < -0.4 is 25.8 Å². The minimum atomic E-state index is -0.249. The van der Waals surface area contributed by atoms with Gasteiger partial charge >= 0.3 is 0 Å². The molecule has 36 heavy (non-hydrogen) atoms. The number of nitrogens with zero attached hydrogens (tertiary/aromatic N) is 4. The molecule has 1 amide bonds. The van der Waals surface area contributed by atoms with Crippen molar-refractivity contribution in [2.24, 2.45) is 0 Å². The van der Waals surface area contributed by atoms with Gasteiger partial charge in [0.1, 0.15) is 17.7 Å². The molecule has 9 nitrogen and oxygen atoms in total. The maximum Gasteiger partial charge on any atom is 0.249 e. The van der Waals surface area contributed by atoms with Gasteiger partial charge in [0.2, 0.25) is 11.9 Å². The van der Waals surface area contributed by atoms with E-state index in [1.165, 1.54) is 0 Å². The molecule has 2 heterocycles. The molecule has 0 bridgehead atoms.